The lowest BCUT2D eigenvalue weighted by molar-refractivity contribution is -0.144. The molecule has 1 saturated heterocycles. The van der Waals surface area contributed by atoms with Gasteiger partial charge in [-0.25, -0.2) is 4.98 Å². The van der Waals surface area contributed by atoms with Gasteiger partial charge in [0.15, 0.2) is 0 Å². The van der Waals surface area contributed by atoms with Crippen LogP contribution in [0.25, 0.3) is 10.4 Å². The molecule has 3 amide bonds. The Labute approximate surface area is 420 Å². The highest BCUT2D eigenvalue weighted by Gasteiger charge is 2.56. The first kappa shape index (κ1) is 53.8. The number of phenolic OH excluding ortho intramolecular Hbond substituents is 1. The standard InChI is InChI=1S/C55H81N5O9S/c1-36-50(70-35-57-36)38-13-11-37(12-14-38)33-56-52(65)46-32-42(62)34-60(46)53(66)51(54(2,3)4)58-48(64)20-24-67-26-28-69-29-27-68-25-23-59(6)22-9-7-8-10-39-30-40-31-41(61)15-16-43(40)44-19-21-55(5)45(49(39)44)17-18-47(55)63/h11-16,31,35,39,42,44-47,49,51,61-63H,7-10,17-30,32-34H2,1-6H3,(H,56,65)(H,58,64). The number of hydrogen-bond acceptors (Lipinski definition) is 12. The lowest BCUT2D eigenvalue weighted by Gasteiger charge is -2.53. The molecule has 386 valence electrons. The first-order valence-corrected chi connectivity index (χ1v) is 26.9. The number of nitrogens with one attached hydrogen (secondary N) is 2. The molecule has 2 heterocycles. The van der Waals surface area contributed by atoms with Gasteiger partial charge < -0.3 is 50.0 Å². The monoisotopic (exact) mass is 988 g/mol. The van der Waals surface area contributed by atoms with E-state index in [9.17, 15) is 29.7 Å². The maximum absolute atomic E-state index is 14.0. The number of likely N-dealkylation sites (tertiary alicyclic amines) is 1. The van der Waals surface area contributed by atoms with Crippen LogP contribution in [-0.4, -0.2) is 138 Å². The molecule has 9 unspecified atom stereocenters. The molecule has 2 saturated carbocycles. The molecular formula is C55H81N5O9S. The summed E-state index contributed by atoms with van der Waals surface area (Å²) in [4.78, 5) is 49.6. The van der Waals surface area contributed by atoms with Crippen LogP contribution >= 0.6 is 11.3 Å². The van der Waals surface area contributed by atoms with Crippen molar-refractivity contribution in [3.8, 4) is 16.2 Å². The Bertz CT molecular complexity index is 2180. The van der Waals surface area contributed by atoms with Gasteiger partial charge in [0.05, 0.1) is 67.9 Å². The van der Waals surface area contributed by atoms with Crippen LogP contribution < -0.4 is 10.6 Å². The molecule has 2 aromatic carbocycles. The summed E-state index contributed by atoms with van der Waals surface area (Å²) in [5, 5.41) is 37.7. The average Bonchev–Trinajstić information content (AvgIpc) is 4.03. The number of thiazole rings is 1. The predicted octanol–water partition coefficient (Wildman–Crippen LogP) is 7.01. The zero-order chi connectivity index (χ0) is 50.0. The van der Waals surface area contributed by atoms with Gasteiger partial charge in [-0.05, 0) is 134 Å². The van der Waals surface area contributed by atoms with E-state index in [2.05, 4.69) is 40.6 Å². The number of hydrogen-bond donors (Lipinski definition) is 5. The number of ether oxygens (including phenoxy) is 3. The van der Waals surface area contributed by atoms with E-state index in [1.165, 1.54) is 35.3 Å². The van der Waals surface area contributed by atoms with Gasteiger partial charge in [0.1, 0.15) is 17.8 Å². The summed E-state index contributed by atoms with van der Waals surface area (Å²) in [6.45, 7) is 14.5. The molecular weight excluding hydrogens is 907 g/mol. The van der Waals surface area contributed by atoms with Crippen LogP contribution in [0.5, 0.6) is 5.75 Å². The first-order valence-electron chi connectivity index (χ1n) is 26.0. The zero-order valence-corrected chi connectivity index (χ0v) is 43.4. The van der Waals surface area contributed by atoms with E-state index in [1.807, 2.05) is 69.6 Å². The number of phenols is 1. The van der Waals surface area contributed by atoms with E-state index in [-0.39, 0.29) is 55.9 Å². The second-order valence-electron chi connectivity index (χ2n) is 22.0. The van der Waals surface area contributed by atoms with Crippen molar-refractivity contribution >= 4 is 29.1 Å². The lowest BCUT2D eigenvalue weighted by atomic mass is 9.52. The number of amides is 3. The third-order valence-electron chi connectivity index (χ3n) is 16.0. The third-order valence-corrected chi connectivity index (χ3v) is 17.0. The number of likely N-dealkylation sites (N-methyl/N-ethyl adjacent to an activating group) is 1. The van der Waals surface area contributed by atoms with Crippen molar-refractivity contribution in [1.82, 2.24) is 25.4 Å². The number of unbranched alkanes of at least 4 members (excludes halogenated alkanes) is 2. The van der Waals surface area contributed by atoms with Crippen LogP contribution in [0.1, 0.15) is 120 Å². The van der Waals surface area contributed by atoms with Crippen molar-refractivity contribution in [2.45, 2.75) is 142 Å². The van der Waals surface area contributed by atoms with Gasteiger partial charge >= 0.3 is 0 Å². The van der Waals surface area contributed by atoms with Crippen molar-refractivity contribution in [3.63, 3.8) is 0 Å². The Hall–Kier alpha value is -3.96. The van der Waals surface area contributed by atoms with Crippen LogP contribution in [0.3, 0.4) is 0 Å². The smallest absolute Gasteiger partial charge is 0.246 e. The fourth-order valence-corrected chi connectivity index (χ4v) is 12.9. The molecule has 9 atom stereocenters. The molecule has 5 N–H and O–H groups in total. The van der Waals surface area contributed by atoms with Crippen molar-refractivity contribution in [3.05, 3.63) is 70.4 Å². The molecule has 1 aromatic heterocycles. The minimum atomic E-state index is -0.911. The minimum absolute atomic E-state index is 0.00896. The minimum Gasteiger partial charge on any atom is -0.508 e. The van der Waals surface area contributed by atoms with Crippen molar-refractivity contribution < 1.29 is 43.9 Å². The van der Waals surface area contributed by atoms with E-state index in [4.69, 9.17) is 14.2 Å². The summed E-state index contributed by atoms with van der Waals surface area (Å²) in [6, 6.07) is 12.2. The van der Waals surface area contributed by atoms with E-state index >= 15 is 0 Å². The number of aryl methyl sites for hydroxylation is 1. The van der Waals surface area contributed by atoms with Gasteiger partial charge in [0, 0.05) is 32.5 Å². The van der Waals surface area contributed by atoms with Crippen molar-refractivity contribution in [1.29, 1.82) is 0 Å². The van der Waals surface area contributed by atoms with Crippen molar-refractivity contribution in [2.75, 3.05) is 66.3 Å². The molecule has 1 aliphatic heterocycles. The molecule has 4 aliphatic rings. The van der Waals surface area contributed by atoms with Gasteiger partial charge in [0.2, 0.25) is 17.7 Å². The molecule has 14 nitrogen and oxygen atoms in total. The molecule has 70 heavy (non-hydrogen) atoms. The van der Waals surface area contributed by atoms with Crippen LogP contribution in [0.15, 0.2) is 48.0 Å². The van der Waals surface area contributed by atoms with Crippen molar-refractivity contribution in [2.24, 2.45) is 28.6 Å². The molecule has 3 fully saturated rings. The molecule has 15 heteroatoms. The lowest BCUT2D eigenvalue weighted by Crippen LogP contribution is -2.57. The summed E-state index contributed by atoms with van der Waals surface area (Å²) in [7, 11) is 2.14. The molecule has 7 rings (SSSR count). The highest BCUT2D eigenvalue weighted by molar-refractivity contribution is 7.13. The molecule has 0 spiro atoms. The Morgan fingerprint density at radius 1 is 0.943 bits per heavy atom. The fourth-order valence-electron chi connectivity index (χ4n) is 12.0. The summed E-state index contributed by atoms with van der Waals surface area (Å²) < 4.78 is 17.2. The van der Waals surface area contributed by atoms with Crippen LogP contribution in [0.4, 0.5) is 0 Å². The number of aliphatic hydroxyl groups is 2. The van der Waals surface area contributed by atoms with E-state index in [0.717, 1.165) is 73.3 Å². The second-order valence-corrected chi connectivity index (χ2v) is 22.8. The Kier molecular flexibility index (Phi) is 18.9. The Balaban J connectivity index is 0.721. The number of benzene rings is 2. The number of β-amino-alcohol motifs (C(OH)–C–C–N with tert-alkyl or cyclic N) is 1. The maximum Gasteiger partial charge on any atom is 0.246 e. The number of aliphatic hydroxyl groups excluding tert-OH is 2. The van der Waals surface area contributed by atoms with E-state index < -0.39 is 29.5 Å². The number of aromatic nitrogens is 1. The molecule has 0 radical (unpaired) electrons. The Morgan fingerprint density at radius 2 is 1.67 bits per heavy atom. The van der Waals surface area contributed by atoms with Gasteiger partial charge in [-0.15, -0.1) is 11.3 Å². The van der Waals surface area contributed by atoms with Crippen LogP contribution in [-0.2, 0) is 41.6 Å². The largest absolute Gasteiger partial charge is 0.508 e. The number of fused-ring (bicyclic) bond motifs is 5. The molecule has 3 aliphatic carbocycles. The summed E-state index contributed by atoms with van der Waals surface area (Å²) in [5.41, 5.74) is 6.93. The van der Waals surface area contributed by atoms with Crippen LogP contribution in [0, 0.1) is 35.5 Å². The number of carbonyl (C=O) groups is 3. The third kappa shape index (κ3) is 13.6. The topological polar surface area (TPSA) is 183 Å². The van der Waals surface area contributed by atoms with E-state index in [0.29, 0.717) is 62.5 Å². The number of rotatable bonds is 24. The average molecular weight is 988 g/mol. The number of aromatic hydroxyl groups is 1. The van der Waals surface area contributed by atoms with Gasteiger partial charge in [-0.1, -0.05) is 70.9 Å². The van der Waals surface area contributed by atoms with E-state index in [1.54, 1.807) is 11.3 Å². The van der Waals surface area contributed by atoms with Crippen LogP contribution in [0.2, 0.25) is 0 Å². The highest BCUT2D eigenvalue weighted by Crippen LogP contribution is 2.62. The summed E-state index contributed by atoms with van der Waals surface area (Å²) >= 11 is 1.58. The number of nitrogens with zero attached hydrogens (tertiary/aromatic N) is 3. The maximum atomic E-state index is 14.0. The summed E-state index contributed by atoms with van der Waals surface area (Å²) in [5.74, 6) is 1.62. The normalized spacial score (nSPS) is 25.6. The number of carbonyl (C=O) groups excluding carboxylic acids is 3. The fraction of sp³-hybridized carbons (Fsp3) is 0.673. The first-order chi connectivity index (χ1) is 33.5. The molecule has 0 bridgehead atoms. The SMILES string of the molecule is Cc1ncsc1-c1ccc(CNC(=O)C2CC(O)CN2C(=O)C(NC(=O)CCOCCOCCOCCN(C)CCCCCC2Cc3cc(O)ccc3C3CCC4(C)C(O)CCC4C23)C(C)(C)C)cc1. The second kappa shape index (κ2) is 24.6. The quantitative estimate of drug-likeness (QED) is 0.0583. The summed E-state index contributed by atoms with van der Waals surface area (Å²) in [6.07, 6.45) is 9.21. The highest BCUT2D eigenvalue weighted by atomic mass is 32.1. The predicted molar refractivity (Wildman–Crippen MR) is 272 cm³/mol. The van der Waals surface area contributed by atoms with Gasteiger partial charge in [-0.3, -0.25) is 14.4 Å². The van der Waals surface area contributed by atoms with Gasteiger partial charge in [-0.2, -0.15) is 0 Å². The Morgan fingerprint density at radius 3 is 2.39 bits per heavy atom. The molecule has 3 aromatic rings. The zero-order valence-electron chi connectivity index (χ0n) is 42.6. The van der Waals surface area contributed by atoms with Gasteiger partial charge in [0.25, 0.3) is 0 Å².